The molecule has 2 heterocycles. The van der Waals surface area contributed by atoms with E-state index < -0.39 is 0 Å². The standard InChI is InChI=1S/C13H14N2.C6H5NO/c1-2-5-12(6-3-1)9-15-11-13-7-4-8-14-10-13;8-5-6-2-1-3-7-4-6/h1-8,10,15H,9,11H2;1-5H. The highest BCUT2D eigenvalue weighted by atomic mass is 16.1. The molecule has 0 radical (unpaired) electrons. The summed E-state index contributed by atoms with van der Waals surface area (Å²) in [6.07, 6.45) is 7.60. The van der Waals surface area contributed by atoms with Crippen molar-refractivity contribution in [2.24, 2.45) is 0 Å². The van der Waals surface area contributed by atoms with Gasteiger partial charge in [-0.2, -0.15) is 0 Å². The minimum absolute atomic E-state index is 0.618. The zero-order chi connectivity index (χ0) is 16.2. The van der Waals surface area contributed by atoms with Gasteiger partial charge in [0.15, 0.2) is 6.29 Å². The van der Waals surface area contributed by atoms with Crippen LogP contribution >= 0.6 is 0 Å². The van der Waals surface area contributed by atoms with Crippen LogP contribution in [0.3, 0.4) is 0 Å². The SMILES string of the molecule is O=Cc1cccnc1.c1ccc(CNCc2cccnc2)cc1. The van der Waals surface area contributed by atoms with E-state index in [1.54, 1.807) is 24.5 Å². The Morgan fingerprint density at radius 2 is 1.43 bits per heavy atom. The van der Waals surface area contributed by atoms with Crippen LogP contribution in [0.1, 0.15) is 21.5 Å². The van der Waals surface area contributed by atoms with E-state index in [9.17, 15) is 4.79 Å². The topological polar surface area (TPSA) is 54.9 Å². The van der Waals surface area contributed by atoms with Crippen LogP contribution in [0, 0.1) is 0 Å². The van der Waals surface area contributed by atoms with Gasteiger partial charge in [-0.15, -0.1) is 0 Å². The number of pyridine rings is 2. The highest BCUT2D eigenvalue weighted by Gasteiger charge is 1.92. The average molecular weight is 305 g/mol. The van der Waals surface area contributed by atoms with Crippen molar-refractivity contribution in [3.8, 4) is 0 Å². The molecule has 0 aliphatic heterocycles. The molecule has 0 bridgehead atoms. The number of aldehydes is 1. The zero-order valence-electron chi connectivity index (χ0n) is 12.8. The van der Waals surface area contributed by atoms with Gasteiger partial charge in [-0.05, 0) is 29.3 Å². The number of rotatable bonds is 5. The van der Waals surface area contributed by atoms with Crippen molar-refractivity contribution in [1.82, 2.24) is 15.3 Å². The lowest BCUT2D eigenvalue weighted by Crippen LogP contribution is -2.12. The summed E-state index contributed by atoms with van der Waals surface area (Å²) in [5.41, 5.74) is 3.14. The third-order valence-corrected chi connectivity index (χ3v) is 3.04. The van der Waals surface area contributed by atoms with Crippen molar-refractivity contribution in [3.63, 3.8) is 0 Å². The van der Waals surface area contributed by atoms with E-state index in [-0.39, 0.29) is 0 Å². The van der Waals surface area contributed by atoms with Gasteiger partial charge >= 0.3 is 0 Å². The minimum atomic E-state index is 0.618. The molecule has 0 atom stereocenters. The summed E-state index contributed by atoms with van der Waals surface area (Å²) in [6, 6.07) is 17.9. The normalized spacial score (nSPS) is 9.57. The molecule has 4 nitrogen and oxygen atoms in total. The van der Waals surface area contributed by atoms with Crippen LogP contribution in [0.4, 0.5) is 0 Å². The lowest BCUT2D eigenvalue weighted by atomic mass is 10.2. The molecule has 3 rings (SSSR count). The first-order valence-electron chi connectivity index (χ1n) is 7.37. The summed E-state index contributed by atoms with van der Waals surface area (Å²) in [5, 5.41) is 3.38. The largest absolute Gasteiger partial charge is 0.309 e. The van der Waals surface area contributed by atoms with Crippen LogP contribution in [0.25, 0.3) is 0 Å². The second-order valence-electron chi connectivity index (χ2n) is 4.85. The molecular formula is C19H19N3O. The van der Waals surface area contributed by atoms with E-state index in [4.69, 9.17) is 0 Å². The third-order valence-electron chi connectivity index (χ3n) is 3.04. The van der Waals surface area contributed by atoms with Crippen molar-refractivity contribution in [2.75, 3.05) is 0 Å². The number of hydrogen-bond acceptors (Lipinski definition) is 4. The van der Waals surface area contributed by atoms with Crippen molar-refractivity contribution in [2.45, 2.75) is 13.1 Å². The smallest absolute Gasteiger partial charge is 0.151 e. The molecule has 0 saturated heterocycles. The van der Waals surface area contributed by atoms with Gasteiger partial charge < -0.3 is 5.32 Å². The molecule has 2 aromatic heterocycles. The first-order chi connectivity index (χ1) is 11.4. The molecule has 0 saturated carbocycles. The van der Waals surface area contributed by atoms with Gasteiger partial charge in [-0.1, -0.05) is 36.4 Å². The van der Waals surface area contributed by atoms with Crippen molar-refractivity contribution < 1.29 is 4.79 Å². The number of carbonyl (C=O) groups excluding carboxylic acids is 1. The fraction of sp³-hybridized carbons (Fsp3) is 0.105. The van der Waals surface area contributed by atoms with Crippen LogP contribution in [0.5, 0.6) is 0 Å². The van der Waals surface area contributed by atoms with Crippen LogP contribution in [0.2, 0.25) is 0 Å². The van der Waals surface area contributed by atoms with E-state index >= 15 is 0 Å². The average Bonchev–Trinajstić information content (AvgIpc) is 2.65. The summed E-state index contributed by atoms with van der Waals surface area (Å²) < 4.78 is 0. The molecule has 0 aliphatic rings. The lowest BCUT2D eigenvalue weighted by Gasteiger charge is -2.04. The van der Waals surface area contributed by atoms with Crippen molar-refractivity contribution in [1.29, 1.82) is 0 Å². The maximum atomic E-state index is 9.97. The Morgan fingerprint density at radius 3 is 2.00 bits per heavy atom. The van der Waals surface area contributed by atoms with Crippen LogP contribution in [-0.4, -0.2) is 16.3 Å². The number of nitrogens with one attached hydrogen (secondary N) is 1. The maximum absolute atomic E-state index is 9.97. The summed E-state index contributed by atoms with van der Waals surface area (Å²) in [6.45, 7) is 1.76. The predicted molar refractivity (Wildman–Crippen MR) is 90.8 cm³/mol. The summed E-state index contributed by atoms with van der Waals surface area (Å²) in [7, 11) is 0. The summed E-state index contributed by atoms with van der Waals surface area (Å²) in [4.78, 5) is 17.8. The van der Waals surface area contributed by atoms with Gasteiger partial charge in [0, 0.05) is 43.4 Å². The van der Waals surface area contributed by atoms with Gasteiger partial charge in [0.2, 0.25) is 0 Å². The molecule has 3 aromatic rings. The van der Waals surface area contributed by atoms with Gasteiger partial charge in [0.25, 0.3) is 0 Å². The van der Waals surface area contributed by atoms with E-state index in [1.165, 1.54) is 17.3 Å². The molecule has 0 aliphatic carbocycles. The molecule has 0 unspecified atom stereocenters. The summed E-state index contributed by atoms with van der Waals surface area (Å²) >= 11 is 0. The zero-order valence-corrected chi connectivity index (χ0v) is 12.8. The fourth-order valence-electron chi connectivity index (χ4n) is 1.90. The van der Waals surface area contributed by atoms with Gasteiger partial charge in [-0.3, -0.25) is 14.8 Å². The third kappa shape index (κ3) is 6.63. The second-order valence-corrected chi connectivity index (χ2v) is 4.85. The summed E-state index contributed by atoms with van der Waals surface area (Å²) in [5.74, 6) is 0. The van der Waals surface area contributed by atoms with E-state index in [2.05, 4.69) is 45.6 Å². The molecule has 0 spiro atoms. The molecule has 1 N–H and O–H groups in total. The Balaban J connectivity index is 0.000000203. The van der Waals surface area contributed by atoms with Crippen molar-refractivity contribution >= 4 is 6.29 Å². The molecule has 0 amide bonds. The van der Waals surface area contributed by atoms with Crippen molar-refractivity contribution in [3.05, 3.63) is 96.1 Å². The predicted octanol–water partition coefficient (Wildman–Crippen LogP) is 3.27. The minimum Gasteiger partial charge on any atom is -0.309 e. The van der Waals surface area contributed by atoms with Crippen LogP contribution < -0.4 is 5.32 Å². The Kier molecular flexibility index (Phi) is 7.16. The van der Waals surface area contributed by atoms with Gasteiger partial charge in [-0.25, -0.2) is 0 Å². The Hall–Kier alpha value is -2.85. The number of benzene rings is 1. The molecule has 1 aromatic carbocycles. The highest BCUT2D eigenvalue weighted by molar-refractivity contribution is 5.73. The molecular weight excluding hydrogens is 286 g/mol. The van der Waals surface area contributed by atoms with E-state index in [0.29, 0.717) is 5.56 Å². The molecule has 0 fully saturated rings. The van der Waals surface area contributed by atoms with E-state index in [1.807, 2.05) is 18.3 Å². The first-order valence-corrected chi connectivity index (χ1v) is 7.37. The van der Waals surface area contributed by atoms with Crippen LogP contribution in [-0.2, 0) is 13.1 Å². The molecule has 116 valence electrons. The monoisotopic (exact) mass is 305 g/mol. The number of aromatic nitrogens is 2. The Morgan fingerprint density at radius 1 is 0.783 bits per heavy atom. The van der Waals surface area contributed by atoms with E-state index in [0.717, 1.165) is 19.4 Å². The molecule has 4 heteroatoms. The Labute approximate surface area is 136 Å². The lowest BCUT2D eigenvalue weighted by molar-refractivity contribution is 0.112. The molecule has 23 heavy (non-hydrogen) atoms. The number of hydrogen-bond donors (Lipinski definition) is 1. The highest BCUT2D eigenvalue weighted by Crippen LogP contribution is 1.99. The second kappa shape index (κ2) is 9.97. The van der Waals surface area contributed by atoms with Crippen LogP contribution in [0.15, 0.2) is 79.4 Å². The first kappa shape index (κ1) is 16.5. The maximum Gasteiger partial charge on any atom is 0.151 e. The number of nitrogens with zero attached hydrogens (tertiary/aromatic N) is 2. The fourth-order valence-corrected chi connectivity index (χ4v) is 1.90. The van der Waals surface area contributed by atoms with Gasteiger partial charge in [0.1, 0.15) is 0 Å². The van der Waals surface area contributed by atoms with Gasteiger partial charge in [0.05, 0.1) is 0 Å². The quantitative estimate of drug-likeness (QED) is 0.735. The number of carbonyl (C=O) groups is 1. The Bertz CT molecular complexity index is 633.